The number of fused-ring (bicyclic) bond motifs is 1. The third-order valence-electron chi connectivity index (χ3n) is 7.57. The predicted octanol–water partition coefficient (Wildman–Crippen LogP) is 5.30. The summed E-state index contributed by atoms with van der Waals surface area (Å²) in [6, 6.07) is 2.86. The molecule has 10 heteroatoms. The molecule has 0 amide bonds. The van der Waals surface area contributed by atoms with Crippen LogP contribution in [-0.4, -0.2) is 54.0 Å². The maximum atomic E-state index is 14.3. The average Bonchev–Trinajstić information content (AvgIpc) is 3.34. The fourth-order valence-corrected chi connectivity index (χ4v) is 5.91. The van der Waals surface area contributed by atoms with Gasteiger partial charge in [0, 0.05) is 44.5 Å². The Hall–Kier alpha value is -2.33. The highest BCUT2D eigenvalue weighted by atomic mass is 19.4. The smallest absolute Gasteiger partial charge is 0.381 e. The average molecular weight is 497 g/mol. The fourth-order valence-electron chi connectivity index (χ4n) is 5.91. The van der Waals surface area contributed by atoms with Crippen molar-refractivity contribution < 1.29 is 26.7 Å². The summed E-state index contributed by atoms with van der Waals surface area (Å²) in [7, 11) is 0. The van der Waals surface area contributed by atoms with Gasteiger partial charge in [-0.25, -0.2) is 8.78 Å². The monoisotopic (exact) mass is 496 g/mol. The Kier molecular flexibility index (Phi) is 6.69. The number of ether oxygens (including phenoxy) is 1. The van der Waals surface area contributed by atoms with Gasteiger partial charge in [0.2, 0.25) is 0 Å². The van der Waals surface area contributed by atoms with Crippen LogP contribution in [0.15, 0.2) is 18.2 Å². The Morgan fingerprint density at radius 3 is 2.37 bits per heavy atom. The number of rotatable bonds is 5. The largest absolute Gasteiger partial charge is 0.420 e. The van der Waals surface area contributed by atoms with Crippen molar-refractivity contribution >= 4 is 5.82 Å². The third kappa shape index (κ3) is 5.28. The Bertz CT molecular complexity index is 1060. The molecule has 3 fully saturated rings. The molecule has 1 saturated carbocycles. The van der Waals surface area contributed by atoms with Crippen molar-refractivity contribution in [3.63, 3.8) is 0 Å². The highest BCUT2D eigenvalue weighted by Gasteiger charge is 2.43. The van der Waals surface area contributed by atoms with Crippen LogP contribution in [0.25, 0.3) is 11.3 Å². The molecular weight excluding hydrogens is 467 g/mol. The zero-order chi connectivity index (χ0) is 24.7. The summed E-state index contributed by atoms with van der Waals surface area (Å²) in [6.45, 7) is 6.18. The van der Waals surface area contributed by atoms with E-state index in [1.54, 1.807) is 0 Å². The molecule has 1 aromatic carbocycles. The second-order valence-electron chi connectivity index (χ2n) is 10.2. The molecule has 3 aliphatic rings. The summed E-state index contributed by atoms with van der Waals surface area (Å²) in [5.74, 6) is -1.20. The molecule has 3 heterocycles. The zero-order valence-electron chi connectivity index (χ0n) is 19.5. The summed E-state index contributed by atoms with van der Waals surface area (Å²) < 4.78 is 75.2. The quantitative estimate of drug-likeness (QED) is 0.570. The van der Waals surface area contributed by atoms with Crippen LogP contribution >= 0.6 is 0 Å². The van der Waals surface area contributed by atoms with Crippen LogP contribution in [0, 0.1) is 36.3 Å². The first-order valence-electron chi connectivity index (χ1n) is 12.1. The molecule has 0 bridgehead atoms. The SMILES string of the molecule is Cc1cc(F)c(F)c(-c2cc(C(F)(F)F)c(NC3C[C@@H]4CN(CC5CCOCC5)C[C@H]4C3)nn2)c1. The molecule has 0 unspecified atom stereocenters. The van der Waals surface area contributed by atoms with Gasteiger partial charge >= 0.3 is 6.18 Å². The number of alkyl halides is 3. The number of halogens is 5. The summed E-state index contributed by atoms with van der Waals surface area (Å²) >= 11 is 0. The third-order valence-corrected chi connectivity index (χ3v) is 7.57. The zero-order valence-corrected chi connectivity index (χ0v) is 19.5. The van der Waals surface area contributed by atoms with Crippen molar-refractivity contribution in [3.05, 3.63) is 41.0 Å². The molecule has 5 nitrogen and oxygen atoms in total. The van der Waals surface area contributed by atoms with E-state index in [4.69, 9.17) is 4.74 Å². The minimum Gasteiger partial charge on any atom is -0.381 e. The topological polar surface area (TPSA) is 50.3 Å². The van der Waals surface area contributed by atoms with E-state index in [-0.39, 0.29) is 23.1 Å². The van der Waals surface area contributed by atoms with E-state index in [2.05, 4.69) is 20.4 Å². The predicted molar refractivity (Wildman–Crippen MR) is 121 cm³/mol. The molecule has 1 aliphatic carbocycles. The number of benzene rings is 1. The van der Waals surface area contributed by atoms with Gasteiger partial charge in [-0.05, 0) is 74.1 Å². The van der Waals surface area contributed by atoms with Gasteiger partial charge in [0.05, 0.1) is 5.69 Å². The molecule has 2 aromatic rings. The van der Waals surface area contributed by atoms with Gasteiger partial charge < -0.3 is 15.0 Å². The van der Waals surface area contributed by atoms with E-state index in [1.165, 1.54) is 13.0 Å². The minimum absolute atomic E-state index is 0.135. The number of anilines is 1. The van der Waals surface area contributed by atoms with Crippen LogP contribution in [0.3, 0.4) is 0 Å². The first-order valence-corrected chi connectivity index (χ1v) is 12.1. The summed E-state index contributed by atoms with van der Waals surface area (Å²) in [6.07, 6.45) is -1.00. The number of aryl methyl sites for hydroxylation is 1. The number of hydrogen-bond acceptors (Lipinski definition) is 5. The van der Waals surface area contributed by atoms with Crippen LogP contribution in [0.5, 0.6) is 0 Å². The second kappa shape index (κ2) is 9.61. The van der Waals surface area contributed by atoms with Crippen molar-refractivity contribution in [1.82, 2.24) is 15.1 Å². The second-order valence-corrected chi connectivity index (χ2v) is 10.2. The molecule has 35 heavy (non-hydrogen) atoms. The van der Waals surface area contributed by atoms with E-state index in [0.717, 1.165) is 70.7 Å². The van der Waals surface area contributed by atoms with Crippen molar-refractivity contribution in [2.45, 2.75) is 44.8 Å². The molecule has 2 saturated heterocycles. The first-order chi connectivity index (χ1) is 16.7. The highest BCUT2D eigenvalue weighted by Crippen LogP contribution is 2.42. The van der Waals surface area contributed by atoms with Gasteiger partial charge in [-0.1, -0.05) is 0 Å². The molecule has 2 atom stereocenters. The maximum absolute atomic E-state index is 14.3. The summed E-state index contributed by atoms with van der Waals surface area (Å²) in [5.41, 5.74) is -1.34. The van der Waals surface area contributed by atoms with E-state index < -0.39 is 23.4 Å². The lowest BCUT2D eigenvalue weighted by Gasteiger charge is -2.28. The van der Waals surface area contributed by atoms with Gasteiger partial charge in [-0.3, -0.25) is 0 Å². The van der Waals surface area contributed by atoms with E-state index in [9.17, 15) is 22.0 Å². The van der Waals surface area contributed by atoms with Crippen molar-refractivity contribution in [2.24, 2.45) is 17.8 Å². The number of aromatic nitrogens is 2. The van der Waals surface area contributed by atoms with Gasteiger partial charge in [-0.15, -0.1) is 10.2 Å². The van der Waals surface area contributed by atoms with Crippen LogP contribution < -0.4 is 5.32 Å². The lowest BCUT2D eigenvalue weighted by molar-refractivity contribution is -0.137. The molecule has 5 rings (SSSR count). The summed E-state index contributed by atoms with van der Waals surface area (Å²) in [5, 5.41) is 10.6. The first kappa shape index (κ1) is 24.4. The van der Waals surface area contributed by atoms with Crippen molar-refractivity contribution in [2.75, 3.05) is 38.2 Å². The lowest BCUT2D eigenvalue weighted by Crippen LogP contribution is -2.32. The molecule has 190 valence electrons. The molecular formula is C25H29F5N4O. The van der Waals surface area contributed by atoms with Crippen LogP contribution in [-0.2, 0) is 10.9 Å². The van der Waals surface area contributed by atoms with Gasteiger partial charge in [-0.2, -0.15) is 13.2 Å². The van der Waals surface area contributed by atoms with E-state index >= 15 is 0 Å². The Morgan fingerprint density at radius 1 is 1.03 bits per heavy atom. The Labute approximate surface area is 201 Å². The van der Waals surface area contributed by atoms with E-state index in [0.29, 0.717) is 23.3 Å². The Balaban J connectivity index is 1.28. The van der Waals surface area contributed by atoms with E-state index in [1.807, 2.05) is 0 Å². The molecule has 0 spiro atoms. The number of likely N-dealkylation sites (tertiary alicyclic amines) is 1. The lowest BCUT2D eigenvalue weighted by atomic mass is 10.00. The van der Waals surface area contributed by atoms with Gasteiger partial charge in [0.25, 0.3) is 0 Å². The normalized spacial score (nSPS) is 24.2. The highest BCUT2D eigenvalue weighted by molar-refractivity contribution is 5.64. The summed E-state index contributed by atoms with van der Waals surface area (Å²) in [4.78, 5) is 2.49. The fraction of sp³-hybridized carbons (Fsp3) is 0.600. The molecule has 2 aliphatic heterocycles. The van der Waals surface area contributed by atoms with Crippen molar-refractivity contribution in [3.8, 4) is 11.3 Å². The Morgan fingerprint density at radius 2 is 1.71 bits per heavy atom. The number of nitrogens with zero attached hydrogens (tertiary/aromatic N) is 3. The molecule has 1 N–H and O–H groups in total. The maximum Gasteiger partial charge on any atom is 0.420 e. The number of nitrogens with one attached hydrogen (secondary N) is 1. The number of hydrogen-bond donors (Lipinski definition) is 1. The van der Waals surface area contributed by atoms with Crippen LogP contribution in [0.4, 0.5) is 27.8 Å². The standard InChI is InChI=1S/C25H29F5N4O/c1-14-6-19(23(27)21(26)7-14)22-10-20(25(28,29)30)24(33-32-22)31-18-8-16-12-34(13-17(16)9-18)11-15-2-4-35-5-3-15/h6-7,10,15-18H,2-5,8-9,11-13H2,1H3,(H,31,33)/t16-,17-/m1/s1. The van der Waals surface area contributed by atoms with Crippen LogP contribution in [0.2, 0.25) is 0 Å². The van der Waals surface area contributed by atoms with Gasteiger partial charge in [0.15, 0.2) is 17.5 Å². The minimum atomic E-state index is -4.72. The van der Waals surface area contributed by atoms with Gasteiger partial charge in [0.1, 0.15) is 5.56 Å². The van der Waals surface area contributed by atoms with Crippen molar-refractivity contribution in [1.29, 1.82) is 0 Å². The molecule has 0 radical (unpaired) electrons. The molecule has 1 aromatic heterocycles. The van der Waals surface area contributed by atoms with Crippen LogP contribution in [0.1, 0.15) is 36.8 Å².